The third-order valence-corrected chi connectivity index (χ3v) is 5.07. The topological polar surface area (TPSA) is 126 Å². The monoisotopic (exact) mass is 404 g/mol. The Labute approximate surface area is 174 Å². The maximum Gasteiger partial charge on any atom is 0.170 e. The molecule has 3 aromatic carbocycles. The van der Waals surface area contributed by atoms with E-state index in [1.54, 1.807) is 18.2 Å². The van der Waals surface area contributed by atoms with Crippen LogP contribution in [0.1, 0.15) is 36.1 Å². The summed E-state index contributed by atoms with van der Waals surface area (Å²) in [5.41, 5.74) is 14.2. The summed E-state index contributed by atoms with van der Waals surface area (Å²) in [5, 5.41) is 23.9. The Kier molecular flexibility index (Phi) is 5.92. The summed E-state index contributed by atoms with van der Waals surface area (Å²) >= 11 is 0. The van der Waals surface area contributed by atoms with Gasteiger partial charge in [-0.05, 0) is 41.5 Å². The van der Waals surface area contributed by atoms with E-state index in [1.807, 2.05) is 42.5 Å². The number of benzene rings is 3. The molecule has 0 aromatic heterocycles. The van der Waals surface area contributed by atoms with E-state index in [0.717, 1.165) is 5.56 Å². The van der Waals surface area contributed by atoms with Crippen molar-refractivity contribution in [2.24, 2.45) is 21.8 Å². The lowest BCUT2D eigenvalue weighted by Gasteiger charge is -2.26. The van der Waals surface area contributed by atoms with Crippen LogP contribution in [0.15, 0.2) is 83.1 Å². The molecule has 7 nitrogen and oxygen atoms in total. The van der Waals surface area contributed by atoms with Gasteiger partial charge < -0.3 is 26.6 Å². The smallest absolute Gasteiger partial charge is 0.170 e. The zero-order valence-corrected chi connectivity index (χ0v) is 16.8. The summed E-state index contributed by atoms with van der Waals surface area (Å²) in [6.07, 6.45) is 0. The molecule has 0 atom stereocenters. The number of nitrogens with zero attached hydrogens (tertiary/aromatic N) is 2. The molecule has 0 heterocycles. The molecular formula is C23H24N4O3. The molecule has 0 saturated carbocycles. The molecule has 0 saturated heterocycles. The summed E-state index contributed by atoms with van der Waals surface area (Å²) in [4.78, 5) is 0. The van der Waals surface area contributed by atoms with Gasteiger partial charge >= 0.3 is 0 Å². The second-order valence-electron chi connectivity index (χ2n) is 7.30. The normalized spacial score (nSPS) is 12.6. The Morgan fingerprint density at radius 2 is 1.27 bits per heavy atom. The summed E-state index contributed by atoms with van der Waals surface area (Å²) in [5.74, 6) is 0.753. The Morgan fingerprint density at radius 3 is 1.87 bits per heavy atom. The van der Waals surface area contributed by atoms with Gasteiger partial charge in [0.2, 0.25) is 0 Å². The van der Waals surface area contributed by atoms with Crippen LogP contribution in [0.25, 0.3) is 0 Å². The minimum atomic E-state index is -0.179. The lowest BCUT2D eigenvalue weighted by atomic mass is 9.78. The Hall–Kier alpha value is -4.00. The van der Waals surface area contributed by atoms with E-state index in [1.165, 1.54) is 5.56 Å². The average Bonchev–Trinajstić information content (AvgIpc) is 2.79. The molecule has 7 heteroatoms. The van der Waals surface area contributed by atoms with Crippen molar-refractivity contribution in [2.45, 2.75) is 19.3 Å². The zero-order chi connectivity index (χ0) is 21.7. The minimum Gasteiger partial charge on any atom is -0.457 e. The van der Waals surface area contributed by atoms with Crippen molar-refractivity contribution in [2.75, 3.05) is 0 Å². The first-order valence-corrected chi connectivity index (χ1v) is 9.30. The quantitative estimate of drug-likeness (QED) is 0.214. The molecule has 6 N–H and O–H groups in total. The lowest BCUT2D eigenvalue weighted by molar-refractivity contribution is 0.317. The molecule has 0 bridgehead atoms. The molecule has 0 aliphatic heterocycles. The van der Waals surface area contributed by atoms with Crippen LogP contribution >= 0.6 is 0 Å². The van der Waals surface area contributed by atoms with Crippen molar-refractivity contribution in [3.8, 4) is 11.5 Å². The van der Waals surface area contributed by atoms with Crippen molar-refractivity contribution in [3.05, 3.63) is 95.1 Å². The van der Waals surface area contributed by atoms with E-state index in [-0.39, 0.29) is 22.6 Å². The molecule has 154 valence electrons. The number of ether oxygens (including phenoxy) is 1. The molecule has 0 aliphatic carbocycles. The van der Waals surface area contributed by atoms with Gasteiger partial charge in [-0.25, -0.2) is 0 Å². The van der Waals surface area contributed by atoms with Crippen molar-refractivity contribution in [3.63, 3.8) is 0 Å². The van der Waals surface area contributed by atoms with E-state index in [0.29, 0.717) is 17.1 Å². The number of nitrogens with two attached hydrogens (primary N) is 2. The molecule has 0 radical (unpaired) electrons. The first-order valence-electron chi connectivity index (χ1n) is 9.30. The summed E-state index contributed by atoms with van der Waals surface area (Å²) in [6.45, 7) is 4.35. The molecule has 0 fully saturated rings. The van der Waals surface area contributed by atoms with Gasteiger partial charge in [-0.3, -0.25) is 0 Å². The van der Waals surface area contributed by atoms with Gasteiger partial charge in [0, 0.05) is 16.5 Å². The van der Waals surface area contributed by atoms with Crippen LogP contribution in [0.5, 0.6) is 11.5 Å². The van der Waals surface area contributed by atoms with Gasteiger partial charge in [-0.15, -0.1) is 0 Å². The highest BCUT2D eigenvalue weighted by Crippen LogP contribution is 2.33. The van der Waals surface area contributed by atoms with Crippen LogP contribution in [0.3, 0.4) is 0 Å². The van der Waals surface area contributed by atoms with E-state index < -0.39 is 0 Å². The maximum atomic E-state index is 9.03. The van der Waals surface area contributed by atoms with Gasteiger partial charge in [0.05, 0.1) is 0 Å². The Balaban J connectivity index is 1.87. The number of hydrogen-bond acceptors (Lipinski definition) is 5. The van der Waals surface area contributed by atoms with Crippen LogP contribution in [-0.2, 0) is 5.41 Å². The predicted molar refractivity (Wildman–Crippen MR) is 117 cm³/mol. The van der Waals surface area contributed by atoms with Gasteiger partial charge in [-0.2, -0.15) is 0 Å². The predicted octanol–water partition coefficient (Wildman–Crippen LogP) is 3.99. The summed E-state index contributed by atoms with van der Waals surface area (Å²) in [6, 6.07) is 22.9. The number of rotatable bonds is 6. The Morgan fingerprint density at radius 1 is 0.733 bits per heavy atom. The molecule has 0 aliphatic rings. The molecule has 0 unspecified atom stereocenters. The average molecular weight is 404 g/mol. The van der Waals surface area contributed by atoms with Crippen LogP contribution in [0.4, 0.5) is 0 Å². The van der Waals surface area contributed by atoms with E-state index >= 15 is 0 Å². The fourth-order valence-corrected chi connectivity index (χ4v) is 3.23. The molecular weight excluding hydrogens is 380 g/mol. The summed E-state index contributed by atoms with van der Waals surface area (Å²) in [7, 11) is 0. The van der Waals surface area contributed by atoms with Gasteiger partial charge in [-0.1, -0.05) is 66.6 Å². The third-order valence-electron chi connectivity index (χ3n) is 5.07. The SMILES string of the molecule is CC(C)(c1ccccc1)c1ccc(Oc2ccc(/C(N)=N/O)c(/C(N)=N/O)c2)cc1. The van der Waals surface area contributed by atoms with Crippen molar-refractivity contribution >= 4 is 11.7 Å². The first-order chi connectivity index (χ1) is 14.4. The van der Waals surface area contributed by atoms with E-state index in [2.05, 4.69) is 36.3 Å². The molecule has 3 rings (SSSR count). The van der Waals surface area contributed by atoms with Crippen LogP contribution < -0.4 is 16.2 Å². The van der Waals surface area contributed by atoms with Crippen molar-refractivity contribution < 1.29 is 15.2 Å². The van der Waals surface area contributed by atoms with Crippen LogP contribution in [0.2, 0.25) is 0 Å². The van der Waals surface area contributed by atoms with Crippen molar-refractivity contribution in [1.29, 1.82) is 0 Å². The molecule has 0 spiro atoms. The standard InChI is InChI=1S/C23H24N4O3/c1-23(2,15-6-4-3-5-7-15)16-8-10-17(11-9-16)30-18-12-13-19(21(24)26-28)20(14-18)22(25)27-29/h3-14,28-29H,1-2H3,(H2,24,26)(H2,25,27). The Bertz CT molecular complexity index is 1080. The fourth-order valence-electron chi connectivity index (χ4n) is 3.23. The van der Waals surface area contributed by atoms with E-state index in [9.17, 15) is 0 Å². The highest BCUT2D eigenvalue weighted by atomic mass is 16.5. The molecule has 3 aromatic rings. The van der Waals surface area contributed by atoms with Crippen LogP contribution in [-0.4, -0.2) is 22.1 Å². The first kappa shape index (κ1) is 20.7. The molecule has 30 heavy (non-hydrogen) atoms. The highest BCUT2D eigenvalue weighted by molar-refractivity contribution is 6.10. The number of hydrogen-bond donors (Lipinski definition) is 4. The minimum absolute atomic E-state index is 0.151. The van der Waals surface area contributed by atoms with Gasteiger partial charge in [0.25, 0.3) is 0 Å². The van der Waals surface area contributed by atoms with E-state index in [4.69, 9.17) is 26.6 Å². The second-order valence-corrected chi connectivity index (χ2v) is 7.30. The highest BCUT2D eigenvalue weighted by Gasteiger charge is 2.22. The van der Waals surface area contributed by atoms with Gasteiger partial charge in [0.15, 0.2) is 11.7 Å². The fraction of sp³-hybridized carbons (Fsp3) is 0.130. The van der Waals surface area contributed by atoms with Crippen LogP contribution in [0, 0.1) is 0 Å². The zero-order valence-electron chi connectivity index (χ0n) is 16.8. The second kappa shape index (κ2) is 8.57. The number of oxime groups is 2. The van der Waals surface area contributed by atoms with Crippen molar-refractivity contribution in [1.82, 2.24) is 0 Å². The van der Waals surface area contributed by atoms with Gasteiger partial charge in [0.1, 0.15) is 11.5 Å². The third kappa shape index (κ3) is 4.20. The maximum absolute atomic E-state index is 9.03. The lowest BCUT2D eigenvalue weighted by Crippen LogP contribution is -2.22. The molecule has 0 amide bonds. The number of amidine groups is 2. The largest absolute Gasteiger partial charge is 0.457 e. The summed E-state index contributed by atoms with van der Waals surface area (Å²) < 4.78 is 5.92.